The van der Waals surface area contributed by atoms with Crippen LogP contribution in [0, 0.1) is 0 Å². The first-order chi connectivity index (χ1) is 15.9. The summed E-state index contributed by atoms with van der Waals surface area (Å²) in [6.07, 6.45) is 0.168. The second kappa shape index (κ2) is 9.80. The van der Waals surface area contributed by atoms with Crippen molar-refractivity contribution in [2.45, 2.75) is 55.0 Å². The Balaban J connectivity index is 1.99. The molecule has 11 heteroatoms. The summed E-state index contributed by atoms with van der Waals surface area (Å²) in [7, 11) is -4.06. The van der Waals surface area contributed by atoms with E-state index in [9.17, 15) is 27.9 Å². The number of sulfone groups is 1. The Labute approximate surface area is 197 Å². The first kappa shape index (κ1) is 25.2. The number of likely N-dealkylation sites (tertiary alicyclic amines) is 1. The van der Waals surface area contributed by atoms with Crippen LogP contribution in [0.5, 0.6) is 0 Å². The minimum atomic E-state index is -4.06. The molecule has 2 amide bonds. The third kappa shape index (κ3) is 5.53. The van der Waals surface area contributed by atoms with Crippen molar-refractivity contribution >= 4 is 27.8 Å². The molecule has 1 aromatic carbocycles. The van der Waals surface area contributed by atoms with Crippen molar-refractivity contribution in [3.63, 3.8) is 0 Å². The number of nitrogens with zero attached hydrogens (tertiary/aromatic N) is 2. The number of rotatable bonds is 6. The minimum absolute atomic E-state index is 0.000733. The zero-order valence-electron chi connectivity index (χ0n) is 19.0. The van der Waals surface area contributed by atoms with Gasteiger partial charge in [-0.15, -0.1) is 0 Å². The number of carbonyl (C=O) groups excluding carboxylic acids is 3. The third-order valence-corrected chi connectivity index (χ3v) is 7.42. The molecule has 0 saturated carbocycles. The van der Waals surface area contributed by atoms with Crippen molar-refractivity contribution in [1.82, 2.24) is 15.2 Å². The fourth-order valence-electron chi connectivity index (χ4n) is 3.89. The molecule has 2 aromatic rings. The number of amides is 2. The van der Waals surface area contributed by atoms with Gasteiger partial charge in [0.25, 0.3) is 0 Å². The Morgan fingerprint density at radius 1 is 1.12 bits per heavy atom. The number of hydrogen-bond acceptors (Lipinski definition) is 8. The summed E-state index contributed by atoms with van der Waals surface area (Å²) in [6.45, 7) is 4.35. The van der Waals surface area contributed by atoms with Gasteiger partial charge in [0.15, 0.2) is 9.84 Å². The van der Waals surface area contributed by atoms with E-state index in [2.05, 4.69) is 10.3 Å². The number of aromatic nitrogens is 1. The van der Waals surface area contributed by atoms with Gasteiger partial charge in [0.1, 0.15) is 12.1 Å². The Hall–Kier alpha value is -3.47. The highest BCUT2D eigenvalue weighted by Crippen LogP contribution is 2.41. The lowest BCUT2D eigenvalue weighted by Gasteiger charge is -2.32. The van der Waals surface area contributed by atoms with Crippen LogP contribution in [-0.2, 0) is 24.2 Å². The number of benzene rings is 1. The van der Waals surface area contributed by atoms with E-state index < -0.39 is 57.3 Å². The molecule has 0 aliphatic carbocycles. The maximum atomic E-state index is 13.5. The molecular formula is C23H26N3O7S-. The van der Waals surface area contributed by atoms with Gasteiger partial charge in [0.05, 0.1) is 33.9 Å². The van der Waals surface area contributed by atoms with Gasteiger partial charge in [-0.25, -0.2) is 13.2 Å². The Morgan fingerprint density at radius 2 is 1.76 bits per heavy atom. The monoisotopic (exact) mass is 488 g/mol. The lowest BCUT2D eigenvalue weighted by Crippen LogP contribution is -2.51. The molecule has 1 aromatic heterocycles. The summed E-state index contributed by atoms with van der Waals surface area (Å²) in [4.78, 5) is 42.3. The molecule has 3 unspecified atom stereocenters. The highest BCUT2D eigenvalue weighted by Gasteiger charge is 2.51. The second-order valence-electron chi connectivity index (χ2n) is 8.82. The summed E-state index contributed by atoms with van der Waals surface area (Å²) in [5.41, 5.74) is -0.596. The number of alkyl carbamates (subject to hydrolysis) is 1. The number of carbonyl (C=O) groups is 3. The van der Waals surface area contributed by atoms with Crippen LogP contribution in [0.15, 0.2) is 59.6 Å². The van der Waals surface area contributed by atoms with Crippen molar-refractivity contribution < 1.29 is 32.6 Å². The molecule has 3 rings (SSSR count). The van der Waals surface area contributed by atoms with Gasteiger partial charge in [-0.05, 0) is 51.5 Å². The molecule has 1 aliphatic heterocycles. The molecule has 10 nitrogen and oxygen atoms in total. The predicted octanol–water partition coefficient (Wildman–Crippen LogP) is 0.841. The summed E-state index contributed by atoms with van der Waals surface area (Å²) < 4.78 is 32.1. The topological polar surface area (TPSA) is 146 Å². The molecule has 182 valence electrons. The van der Waals surface area contributed by atoms with Crippen molar-refractivity contribution in [3.05, 3.63) is 60.4 Å². The van der Waals surface area contributed by atoms with Crippen LogP contribution >= 0.6 is 0 Å². The number of carboxylic acids is 1. The molecule has 0 bridgehead atoms. The SMILES string of the molecule is CC(C)(C)OC(=O)NCC(=O)N1C(C(=O)[O-])CC(S(=O)(=O)c2ccccc2)C1c1ccccn1. The van der Waals surface area contributed by atoms with Crippen molar-refractivity contribution in [2.75, 3.05) is 6.54 Å². The zero-order chi connectivity index (χ0) is 25.1. The Kier molecular flexibility index (Phi) is 7.25. The molecule has 1 N–H and O–H groups in total. The molecule has 2 heterocycles. The largest absolute Gasteiger partial charge is 0.548 e. The smallest absolute Gasteiger partial charge is 0.408 e. The molecular weight excluding hydrogens is 462 g/mol. The van der Waals surface area contributed by atoms with E-state index in [1.807, 2.05) is 0 Å². The van der Waals surface area contributed by atoms with Crippen LogP contribution < -0.4 is 10.4 Å². The van der Waals surface area contributed by atoms with Crippen LogP contribution in [0.4, 0.5) is 4.79 Å². The van der Waals surface area contributed by atoms with Gasteiger partial charge in [-0.2, -0.15) is 0 Å². The normalized spacial score (nSPS) is 20.6. The summed E-state index contributed by atoms with van der Waals surface area (Å²) in [6, 6.07) is 9.60. The first-order valence-electron chi connectivity index (χ1n) is 10.6. The maximum absolute atomic E-state index is 13.5. The van der Waals surface area contributed by atoms with Crippen LogP contribution in [0.25, 0.3) is 0 Å². The van der Waals surface area contributed by atoms with E-state index in [1.54, 1.807) is 51.1 Å². The predicted molar refractivity (Wildman–Crippen MR) is 119 cm³/mol. The van der Waals surface area contributed by atoms with E-state index >= 15 is 0 Å². The fraction of sp³-hybridized carbons (Fsp3) is 0.391. The second-order valence-corrected chi connectivity index (χ2v) is 11.0. The number of carboxylic acid groups (broad SMARTS) is 1. The maximum Gasteiger partial charge on any atom is 0.408 e. The van der Waals surface area contributed by atoms with Gasteiger partial charge in [0.2, 0.25) is 5.91 Å². The number of aliphatic carboxylic acids is 1. The van der Waals surface area contributed by atoms with E-state index in [4.69, 9.17) is 4.74 Å². The molecule has 34 heavy (non-hydrogen) atoms. The van der Waals surface area contributed by atoms with E-state index in [1.165, 1.54) is 24.4 Å². The number of ether oxygens (including phenoxy) is 1. The number of hydrogen-bond donors (Lipinski definition) is 1. The lowest BCUT2D eigenvalue weighted by molar-refractivity contribution is -0.310. The molecule has 3 atom stereocenters. The van der Waals surface area contributed by atoms with Gasteiger partial charge < -0.3 is 24.9 Å². The summed E-state index contributed by atoms with van der Waals surface area (Å²) >= 11 is 0. The average Bonchev–Trinajstić information content (AvgIpc) is 3.19. The average molecular weight is 489 g/mol. The fourth-order valence-corrected chi connectivity index (χ4v) is 5.82. The Morgan fingerprint density at radius 3 is 2.32 bits per heavy atom. The van der Waals surface area contributed by atoms with Crippen LogP contribution in [0.1, 0.15) is 38.9 Å². The van der Waals surface area contributed by atoms with E-state index in [-0.39, 0.29) is 17.0 Å². The van der Waals surface area contributed by atoms with E-state index in [0.717, 1.165) is 4.90 Å². The number of pyridine rings is 1. The van der Waals surface area contributed by atoms with Gasteiger partial charge in [-0.3, -0.25) is 9.78 Å². The minimum Gasteiger partial charge on any atom is -0.548 e. The molecule has 1 aliphatic rings. The highest BCUT2D eigenvalue weighted by atomic mass is 32.2. The Bertz CT molecular complexity index is 1150. The zero-order valence-corrected chi connectivity index (χ0v) is 19.8. The summed E-state index contributed by atoms with van der Waals surface area (Å²) in [5.74, 6) is -2.40. The summed E-state index contributed by atoms with van der Waals surface area (Å²) in [5, 5.41) is 13.0. The highest BCUT2D eigenvalue weighted by molar-refractivity contribution is 7.92. The van der Waals surface area contributed by atoms with Crippen LogP contribution in [0.3, 0.4) is 0 Å². The van der Waals surface area contributed by atoms with Crippen molar-refractivity contribution in [3.8, 4) is 0 Å². The molecule has 1 saturated heterocycles. The van der Waals surface area contributed by atoms with Crippen molar-refractivity contribution in [2.24, 2.45) is 0 Å². The van der Waals surface area contributed by atoms with Crippen LogP contribution in [0.2, 0.25) is 0 Å². The molecule has 1 fully saturated rings. The van der Waals surface area contributed by atoms with Crippen molar-refractivity contribution in [1.29, 1.82) is 0 Å². The molecule has 0 radical (unpaired) electrons. The van der Waals surface area contributed by atoms with Crippen LogP contribution in [-0.4, -0.2) is 59.7 Å². The first-order valence-corrected chi connectivity index (χ1v) is 12.1. The quantitative estimate of drug-likeness (QED) is 0.629. The van der Waals surface area contributed by atoms with Gasteiger partial charge in [-0.1, -0.05) is 24.3 Å². The lowest BCUT2D eigenvalue weighted by atomic mass is 10.1. The van der Waals surface area contributed by atoms with E-state index in [0.29, 0.717) is 0 Å². The van der Waals surface area contributed by atoms with Gasteiger partial charge in [0, 0.05) is 6.20 Å². The molecule has 0 spiro atoms. The third-order valence-electron chi connectivity index (χ3n) is 5.25. The van der Waals surface area contributed by atoms with Gasteiger partial charge >= 0.3 is 6.09 Å². The standard InChI is InChI=1S/C23H27N3O7S/c1-23(2,3)33-22(30)25-14-19(27)26-17(21(28)29)13-18(20(26)16-11-7-8-12-24-16)34(31,32)15-9-5-4-6-10-15/h4-12,17-18,20H,13-14H2,1-3H3,(H,25,30)(H,28,29)/p-1. The number of nitrogens with one attached hydrogen (secondary N) is 1.